The van der Waals surface area contributed by atoms with Crippen molar-refractivity contribution in [1.29, 1.82) is 0 Å². The minimum absolute atomic E-state index is 0.102. The molecule has 0 N–H and O–H groups in total. The number of aromatic nitrogens is 2. The quantitative estimate of drug-likeness (QED) is 0.500. The van der Waals surface area contributed by atoms with Gasteiger partial charge in [0, 0.05) is 36.5 Å². The number of likely N-dealkylation sites (tertiary alicyclic amines) is 1. The number of nitrogens with zero attached hydrogens (tertiary/aromatic N) is 3. The Kier molecular flexibility index (Phi) is 4.16. The monoisotopic (exact) mass is 391 g/mol. The third-order valence-corrected chi connectivity index (χ3v) is 5.25. The second kappa shape index (κ2) is 6.84. The van der Waals surface area contributed by atoms with Gasteiger partial charge in [-0.05, 0) is 48.7 Å². The minimum Gasteiger partial charge on any atom is -0.464 e. The lowest BCUT2D eigenvalue weighted by Gasteiger charge is -2.15. The Labute approximate surface area is 165 Å². The molecule has 0 spiro atoms. The molecule has 5 rings (SSSR count). The fourth-order valence-corrected chi connectivity index (χ4v) is 3.75. The molecule has 1 aliphatic rings. The number of carbonyl (C=O) groups is 1. The molecule has 6 nitrogen and oxygen atoms in total. The Bertz CT molecular complexity index is 1220. The number of rotatable bonds is 3. The summed E-state index contributed by atoms with van der Waals surface area (Å²) in [4.78, 5) is 14.2. The van der Waals surface area contributed by atoms with Gasteiger partial charge in [0.2, 0.25) is 11.8 Å². The molecule has 0 radical (unpaired) electrons. The van der Waals surface area contributed by atoms with Crippen LogP contribution >= 0.6 is 0 Å². The van der Waals surface area contributed by atoms with Crippen molar-refractivity contribution in [2.45, 2.75) is 19.8 Å². The number of fused-ring (bicyclic) bond motifs is 1. The summed E-state index contributed by atoms with van der Waals surface area (Å²) in [6.07, 6.45) is 3.52. The maximum absolute atomic E-state index is 14.8. The number of hydrogen-bond donors (Lipinski definition) is 0. The van der Waals surface area contributed by atoms with Crippen LogP contribution in [0.2, 0.25) is 0 Å². The van der Waals surface area contributed by atoms with Crippen molar-refractivity contribution in [3.63, 3.8) is 0 Å². The van der Waals surface area contributed by atoms with E-state index in [0.29, 0.717) is 36.0 Å². The number of halogens is 1. The molecule has 1 amide bonds. The molecule has 2 aromatic heterocycles. The van der Waals surface area contributed by atoms with Crippen LogP contribution in [0.3, 0.4) is 0 Å². The van der Waals surface area contributed by atoms with Gasteiger partial charge in [-0.3, -0.25) is 4.79 Å². The van der Waals surface area contributed by atoms with Gasteiger partial charge in [-0.2, -0.15) is 0 Å². The first-order valence-electron chi connectivity index (χ1n) is 9.51. The van der Waals surface area contributed by atoms with E-state index in [4.69, 9.17) is 8.83 Å². The first kappa shape index (κ1) is 17.6. The van der Waals surface area contributed by atoms with E-state index in [0.717, 1.165) is 29.4 Å². The molecule has 7 heteroatoms. The SMILES string of the molecule is Cc1nnc(-c2ccc3occ(-c4ccc(C(=O)N5CCCC5)c(F)c4)c3c2)o1. The molecule has 0 aliphatic carbocycles. The number of benzene rings is 2. The molecule has 1 saturated heterocycles. The van der Waals surface area contributed by atoms with E-state index in [2.05, 4.69) is 10.2 Å². The molecule has 146 valence electrons. The highest BCUT2D eigenvalue weighted by Crippen LogP contribution is 2.34. The van der Waals surface area contributed by atoms with Crippen LogP contribution in [0.4, 0.5) is 4.39 Å². The van der Waals surface area contributed by atoms with Crippen molar-refractivity contribution in [2.75, 3.05) is 13.1 Å². The summed E-state index contributed by atoms with van der Waals surface area (Å²) >= 11 is 0. The van der Waals surface area contributed by atoms with Gasteiger partial charge in [0.25, 0.3) is 5.91 Å². The van der Waals surface area contributed by atoms with Gasteiger partial charge >= 0.3 is 0 Å². The smallest absolute Gasteiger partial charge is 0.256 e. The fourth-order valence-electron chi connectivity index (χ4n) is 3.75. The van der Waals surface area contributed by atoms with Crippen LogP contribution in [0.25, 0.3) is 33.6 Å². The zero-order valence-corrected chi connectivity index (χ0v) is 15.8. The van der Waals surface area contributed by atoms with Crippen molar-refractivity contribution in [3.05, 3.63) is 59.9 Å². The van der Waals surface area contributed by atoms with Crippen LogP contribution in [0, 0.1) is 12.7 Å². The summed E-state index contributed by atoms with van der Waals surface area (Å²) in [7, 11) is 0. The van der Waals surface area contributed by atoms with Gasteiger partial charge < -0.3 is 13.7 Å². The average Bonchev–Trinajstić information content (AvgIpc) is 3.47. The Morgan fingerprint density at radius 2 is 1.86 bits per heavy atom. The zero-order valence-electron chi connectivity index (χ0n) is 15.8. The first-order chi connectivity index (χ1) is 14.1. The molecule has 4 aromatic rings. The predicted octanol–water partition coefficient (Wildman–Crippen LogP) is 4.83. The third-order valence-electron chi connectivity index (χ3n) is 5.25. The molecule has 0 unspecified atom stereocenters. The summed E-state index contributed by atoms with van der Waals surface area (Å²) in [5.41, 5.74) is 2.89. The summed E-state index contributed by atoms with van der Waals surface area (Å²) < 4.78 is 25.9. The molecular weight excluding hydrogens is 373 g/mol. The minimum atomic E-state index is -0.530. The highest BCUT2D eigenvalue weighted by molar-refractivity contribution is 5.98. The molecule has 29 heavy (non-hydrogen) atoms. The van der Waals surface area contributed by atoms with Crippen LogP contribution in [0.5, 0.6) is 0 Å². The third kappa shape index (κ3) is 3.08. The molecule has 0 bridgehead atoms. The lowest BCUT2D eigenvalue weighted by atomic mass is 10.0. The van der Waals surface area contributed by atoms with E-state index in [1.807, 2.05) is 18.2 Å². The predicted molar refractivity (Wildman–Crippen MR) is 105 cm³/mol. The largest absolute Gasteiger partial charge is 0.464 e. The lowest BCUT2D eigenvalue weighted by molar-refractivity contribution is 0.0788. The Morgan fingerprint density at radius 3 is 2.59 bits per heavy atom. The summed E-state index contributed by atoms with van der Waals surface area (Å²) in [6, 6.07) is 10.2. The molecule has 2 aromatic carbocycles. The normalized spacial score (nSPS) is 14.1. The topological polar surface area (TPSA) is 72.4 Å². The van der Waals surface area contributed by atoms with E-state index < -0.39 is 5.82 Å². The van der Waals surface area contributed by atoms with Crippen molar-refractivity contribution >= 4 is 16.9 Å². The molecule has 1 fully saturated rings. The molecule has 0 atom stereocenters. The van der Waals surface area contributed by atoms with Gasteiger partial charge in [0.1, 0.15) is 11.4 Å². The van der Waals surface area contributed by atoms with E-state index >= 15 is 0 Å². The van der Waals surface area contributed by atoms with Gasteiger partial charge in [-0.25, -0.2) is 4.39 Å². The van der Waals surface area contributed by atoms with Crippen molar-refractivity contribution < 1.29 is 18.0 Å². The number of amides is 1. The molecule has 1 aliphatic heterocycles. The average molecular weight is 391 g/mol. The van der Waals surface area contributed by atoms with Crippen LogP contribution < -0.4 is 0 Å². The van der Waals surface area contributed by atoms with Crippen LogP contribution in [0.15, 0.2) is 51.5 Å². The van der Waals surface area contributed by atoms with E-state index in [1.54, 1.807) is 30.2 Å². The van der Waals surface area contributed by atoms with Crippen molar-refractivity contribution in [1.82, 2.24) is 15.1 Å². The Hall–Kier alpha value is -3.48. The van der Waals surface area contributed by atoms with Gasteiger partial charge in [-0.1, -0.05) is 6.07 Å². The molecular formula is C22H18FN3O3. The van der Waals surface area contributed by atoms with Crippen LogP contribution in [-0.4, -0.2) is 34.1 Å². The number of carbonyl (C=O) groups excluding carboxylic acids is 1. The lowest BCUT2D eigenvalue weighted by Crippen LogP contribution is -2.28. The fraction of sp³-hybridized carbons (Fsp3) is 0.227. The van der Waals surface area contributed by atoms with Gasteiger partial charge in [0.15, 0.2) is 0 Å². The van der Waals surface area contributed by atoms with Crippen molar-refractivity contribution in [3.8, 4) is 22.6 Å². The summed E-state index contributed by atoms with van der Waals surface area (Å²) in [5.74, 6) is 0.109. The number of furan rings is 1. The van der Waals surface area contributed by atoms with E-state index in [9.17, 15) is 9.18 Å². The highest BCUT2D eigenvalue weighted by atomic mass is 19.1. The number of hydrogen-bond acceptors (Lipinski definition) is 5. The Morgan fingerprint density at radius 1 is 1.07 bits per heavy atom. The highest BCUT2D eigenvalue weighted by Gasteiger charge is 2.23. The second-order valence-corrected chi connectivity index (χ2v) is 7.18. The zero-order chi connectivity index (χ0) is 20.0. The maximum atomic E-state index is 14.8. The molecule has 3 heterocycles. The first-order valence-corrected chi connectivity index (χ1v) is 9.51. The summed E-state index contributed by atoms with van der Waals surface area (Å²) in [6.45, 7) is 3.10. The van der Waals surface area contributed by atoms with Crippen molar-refractivity contribution in [2.24, 2.45) is 0 Å². The van der Waals surface area contributed by atoms with Gasteiger partial charge in [-0.15, -0.1) is 10.2 Å². The van der Waals surface area contributed by atoms with Crippen LogP contribution in [-0.2, 0) is 0 Å². The summed E-state index contributed by atoms with van der Waals surface area (Å²) in [5, 5.41) is 8.70. The van der Waals surface area contributed by atoms with E-state index in [1.165, 1.54) is 6.07 Å². The van der Waals surface area contributed by atoms with E-state index in [-0.39, 0.29) is 11.5 Å². The van der Waals surface area contributed by atoms with Crippen LogP contribution in [0.1, 0.15) is 29.1 Å². The maximum Gasteiger partial charge on any atom is 0.256 e. The number of aryl methyl sites for hydroxylation is 1. The Balaban J connectivity index is 1.53. The van der Waals surface area contributed by atoms with Gasteiger partial charge in [0.05, 0.1) is 11.8 Å². The second-order valence-electron chi connectivity index (χ2n) is 7.18. The molecule has 0 saturated carbocycles. The standard InChI is InChI=1S/C22H18FN3O3/c1-13-24-25-21(29-13)15-5-7-20-17(10-15)18(12-28-20)14-4-6-16(19(23)11-14)22(27)26-8-2-3-9-26/h4-7,10-12H,2-3,8-9H2,1H3.